The Labute approximate surface area is 89.0 Å². The maximum absolute atomic E-state index is 5.54. The van der Waals surface area contributed by atoms with E-state index in [1.54, 1.807) is 0 Å². The predicted octanol–water partition coefficient (Wildman–Crippen LogP) is 1.54. The summed E-state index contributed by atoms with van der Waals surface area (Å²) >= 11 is 0. The molecule has 0 bridgehead atoms. The molecule has 0 aromatic heterocycles. The van der Waals surface area contributed by atoms with Crippen LogP contribution in [0.5, 0.6) is 5.75 Å². The Hall–Kier alpha value is -1.06. The van der Waals surface area contributed by atoms with Gasteiger partial charge in [-0.05, 0) is 23.3 Å². The fourth-order valence-electron chi connectivity index (χ4n) is 1.80. The fourth-order valence-corrected chi connectivity index (χ4v) is 1.80. The van der Waals surface area contributed by atoms with Crippen LogP contribution >= 0.6 is 0 Å². The van der Waals surface area contributed by atoms with Crippen molar-refractivity contribution >= 4 is 0 Å². The average Bonchev–Trinajstić information content (AvgIpc) is 2.95. The first kappa shape index (κ1) is 9.19. The molecule has 2 aliphatic heterocycles. The van der Waals surface area contributed by atoms with E-state index in [-0.39, 0.29) is 0 Å². The van der Waals surface area contributed by atoms with Gasteiger partial charge in [0.15, 0.2) is 0 Å². The quantitative estimate of drug-likeness (QED) is 0.700. The summed E-state index contributed by atoms with van der Waals surface area (Å²) in [5.74, 6) is 1.03. The van der Waals surface area contributed by atoms with Crippen molar-refractivity contribution < 1.29 is 14.2 Å². The van der Waals surface area contributed by atoms with Gasteiger partial charge >= 0.3 is 0 Å². The molecule has 0 amide bonds. The highest BCUT2D eigenvalue weighted by atomic mass is 16.6. The Morgan fingerprint density at radius 2 is 2.33 bits per heavy atom. The molecule has 3 heteroatoms. The van der Waals surface area contributed by atoms with Crippen molar-refractivity contribution in [2.75, 3.05) is 19.8 Å². The number of hydrogen-bond donors (Lipinski definition) is 0. The van der Waals surface area contributed by atoms with Gasteiger partial charge in [-0.25, -0.2) is 0 Å². The second-order valence-corrected chi connectivity index (χ2v) is 4.01. The molecular weight excluding hydrogens is 192 g/mol. The summed E-state index contributed by atoms with van der Waals surface area (Å²) in [5, 5.41) is 0. The molecule has 0 spiro atoms. The van der Waals surface area contributed by atoms with Crippen molar-refractivity contribution in [1.82, 2.24) is 0 Å². The van der Waals surface area contributed by atoms with Crippen LogP contribution in [-0.2, 0) is 22.5 Å². The molecule has 0 unspecified atom stereocenters. The van der Waals surface area contributed by atoms with Gasteiger partial charge < -0.3 is 14.2 Å². The van der Waals surface area contributed by atoms with Crippen LogP contribution in [0.2, 0.25) is 0 Å². The molecule has 3 rings (SSSR count). The molecule has 0 saturated carbocycles. The molecule has 1 atom stereocenters. The Bertz CT molecular complexity index is 358. The van der Waals surface area contributed by atoms with E-state index in [2.05, 4.69) is 12.1 Å². The highest BCUT2D eigenvalue weighted by Gasteiger charge is 2.22. The molecule has 2 aliphatic rings. The maximum Gasteiger partial charge on any atom is 0.122 e. The lowest BCUT2D eigenvalue weighted by molar-refractivity contribution is 0.104. The molecule has 1 fully saturated rings. The first-order valence-electron chi connectivity index (χ1n) is 5.36. The highest BCUT2D eigenvalue weighted by Crippen LogP contribution is 2.26. The van der Waals surface area contributed by atoms with Crippen molar-refractivity contribution in [2.45, 2.75) is 19.1 Å². The molecule has 0 N–H and O–H groups in total. The Morgan fingerprint density at radius 1 is 1.40 bits per heavy atom. The maximum atomic E-state index is 5.54. The molecule has 80 valence electrons. The van der Waals surface area contributed by atoms with Crippen molar-refractivity contribution in [3.63, 3.8) is 0 Å². The summed E-state index contributed by atoms with van der Waals surface area (Å²) in [7, 11) is 0. The lowest BCUT2D eigenvalue weighted by Crippen LogP contribution is -2.01. The normalized spacial score (nSPS) is 22.3. The third-order valence-corrected chi connectivity index (χ3v) is 2.73. The minimum absolute atomic E-state index is 0.350. The molecule has 0 aliphatic carbocycles. The second-order valence-electron chi connectivity index (χ2n) is 4.01. The van der Waals surface area contributed by atoms with Gasteiger partial charge in [-0.1, -0.05) is 6.07 Å². The minimum Gasteiger partial charge on any atom is -0.493 e. The van der Waals surface area contributed by atoms with Crippen molar-refractivity contribution in [3.8, 4) is 5.75 Å². The smallest absolute Gasteiger partial charge is 0.122 e. The average molecular weight is 206 g/mol. The van der Waals surface area contributed by atoms with Crippen molar-refractivity contribution in [2.24, 2.45) is 0 Å². The van der Waals surface area contributed by atoms with Crippen molar-refractivity contribution in [1.29, 1.82) is 0 Å². The fraction of sp³-hybridized carbons (Fsp3) is 0.500. The zero-order chi connectivity index (χ0) is 10.1. The Morgan fingerprint density at radius 3 is 3.20 bits per heavy atom. The topological polar surface area (TPSA) is 31.0 Å². The van der Waals surface area contributed by atoms with E-state index >= 15 is 0 Å². The zero-order valence-electron chi connectivity index (χ0n) is 8.57. The summed E-state index contributed by atoms with van der Waals surface area (Å²) in [6, 6.07) is 6.28. The van der Waals surface area contributed by atoms with Crippen LogP contribution in [0.3, 0.4) is 0 Å². The van der Waals surface area contributed by atoms with Gasteiger partial charge in [0.1, 0.15) is 11.9 Å². The number of hydrogen-bond acceptors (Lipinski definition) is 3. The van der Waals surface area contributed by atoms with Gasteiger partial charge in [0.05, 0.1) is 26.4 Å². The van der Waals surface area contributed by atoms with Gasteiger partial charge in [0.25, 0.3) is 0 Å². The minimum atomic E-state index is 0.350. The number of rotatable bonds is 4. The molecule has 1 aromatic rings. The number of ether oxygens (including phenoxy) is 3. The highest BCUT2D eigenvalue weighted by molar-refractivity contribution is 5.39. The van der Waals surface area contributed by atoms with Crippen LogP contribution in [0.1, 0.15) is 11.1 Å². The predicted molar refractivity (Wildman–Crippen MR) is 55.0 cm³/mol. The standard InChI is InChI=1S/C12H14O3/c1-2-12-10(3-4-14-12)5-9(1)6-13-7-11-8-15-11/h1-2,5,11H,3-4,6-8H2/t11-/m0/s1. The van der Waals surface area contributed by atoms with E-state index in [0.29, 0.717) is 19.3 Å². The van der Waals surface area contributed by atoms with Gasteiger partial charge in [-0.3, -0.25) is 0 Å². The monoisotopic (exact) mass is 206 g/mol. The number of benzene rings is 1. The van der Waals surface area contributed by atoms with Gasteiger partial charge in [-0.15, -0.1) is 0 Å². The van der Waals surface area contributed by atoms with E-state index < -0.39 is 0 Å². The zero-order valence-corrected chi connectivity index (χ0v) is 8.57. The molecular formula is C12H14O3. The van der Waals surface area contributed by atoms with E-state index in [4.69, 9.17) is 14.2 Å². The molecule has 0 radical (unpaired) electrons. The summed E-state index contributed by atoms with van der Waals surface area (Å²) < 4.78 is 16.1. The van der Waals surface area contributed by atoms with E-state index in [9.17, 15) is 0 Å². The first-order chi connectivity index (χ1) is 7.42. The van der Waals surface area contributed by atoms with Crippen LogP contribution in [0.15, 0.2) is 18.2 Å². The van der Waals surface area contributed by atoms with Crippen LogP contribution in [0.4, 0.5) is 0 Å². The number of fused-ring (bicyclic) bond motifs is 1. The summed E-state index contributed by atoms with van der Waals surface area (Å²) in [6.07, 6.45) is 1.37. The third kappa shape index (κ3) is 2.13. The number of epoxide rings is 1. The lowest BCUT2D eigenvalue weighted by Gasteiger charge is -2.04. The van der Waals surface area contributed by atoms with Gasteiger partial charge in [-0.2, -0.15) is 0 Å². The molecule has 3 nitrogen and oxygen atoms in total. The third-order valence-electron chi connectivity index (χ3n) is 2.73. The Kier molecular flexibility index (Phi) is 2.35. The first-order valence-corrected chi connectivity index (χ1v) is 5.36. The second kappa shape index (κ2) is 3.83. The Balaban J connectivity index is 1.59. The van der Waals surface area contributed by atoms with Crippen LogP contribution in [0, 0.1) is 0 Å². The van der Waals surface area contributed by atoms with Gasteiger partial charge in [0.2, 0.25) is 0 Å². The molecule has 1 saturated heterocycles. The van der Waals surface area contributed by atoms with Crippen molar-refractivity contribution in [3.05, 3.63) is 29.3 Å². The molecule has 15 heavy (non-hydrogen) atoms. The van der Waals surface area contributed by atoms with E-state index in [0.717, 1.165) is 25.4 Å². The SMILES string of the molecule is c1cc2c(cc1COC[C@H]1CO1)CCO2. The van der Waals surface area contributed by atoms with Crippen LogP contribution in [0.25, 0.3) is 0 Å². The van der Waals surface area contributed by atoms with E-state index in [1.807, 2.05) is 6.07 Å². The largest absolute Gasteiger partial charge is 0.493 e. The summed E-state index contributed by atoms with van der Waals surface area (Å²) in [4.78, 5) is 0. The van der Waals surface area contributed by atoms with Crippen LogP contribution in [-0.4, -0.2) is 25.9 Å². The molecule has 1 aromatic carbocycles. The molecule has 2 heterocycles. The van der Waals surface area contributed by atoms with E-state index in [1.165, 1.54) is 11.1 Å². The van der Waals surface area contributed by atoms with Crippen LogP contribution < -0.4 is 4.74 Å². The lowest BCUT2D eigenvalue weighted by atomic mass is 10.1. The van der Waals surface area contributed by atoms with Gasteiger partial charge in [0, 0.05) is 6.42 Å². The summed E-state index contributed by atoms with van der Waals surface area (Å²) in [5.41, 5.74) is 2.53. The summed E-state index contributed by atoms with van der Waals surface area (Å²) in [6.45, 7) is 3.06.